The molecule has 0 fully saturated rings. The molecular formula is C8H8BrO. The van der Waals surface area contributed by atoms with Crippen LogP contribution in [0.3, 0.4) is 0 Å². The van der Waals surface area contributed by atoms with E-state index in [4.69, 9.17) is 4.74 Å². The number of benzene rings is 1. The molecule has 10 heavy (non-hydrogen) atoms. The third-order valence-electron chi connectivity index (χ3n) is 1.06. The predicted octanol–water partition coefficient (Wildman–Crippen LogP) is 2.66. The first-order valence-corrected chi connectivity index (χ1v) is 3.80. The third kappa shape index (κ3) is 2.03. The Hall–Kier alpha value is -0.500. The number of ether oxygens (including phenoxy) is 1. The Bertz CT molecular complexity index is 210. The first-order valence-electron chi connectivity index (χ1n) is 3.00. The predicted molar refractivity (Wildman–Crippen MR) is 45.0 cm³/mol. The van der Waals surface area contributed by atoms with Crippen molar-refractivity contribution in [1.29, 1.82) is 0 Å². The summed E-state index contributed by atoms with van der Waals surface area (Å²) in [5.41, 5.74) is 0. The molecule has 0 aliphatic heterocycles. The van der Waals surface area contributed by atoms with E-state index >= 15 is 0 Å². The molecule has 53 valence electrons. The monoisotopic (exact) mass is 199 g/mol. The third-order valence-corrected chi connectivity index (χ3v) is 1.56. The first-order chi connectivity index (χ1) is 4.83. The molecule has 0 amide bonds. The lowest BCUT2D eigenvalue weighted by Gasteiger charge is -2.00. The van der Waals surface area contributed by atoms with Gasteiger partial charge in [-0.05, 0) is 25.1 Å². The second kappa shape index (κ2) is 3.62. The zero-order valence-electron chi connectivity index (χ0n) is 5.51. The molecule has 1 rings (SSSR count). The lowest BCUT2D eigenvalue weighted by atomic mass is 10.3. The second-order valence-electron chi connectivity index (χ2n) is 1.81. The van der Waals surface area contributed by atoms with Gasteiger partial charge >= 0.3 is 0 Å². The molecule has 0 aromatic heterocycles. The van der Waals surface area contributed by atoms with Crippen LogP contribution < -0.4 is 4.74 Å². The van der Waals surface area contributed by atoms with Crippen molar-refractivity contribution in [3.8, 4) is 5.75 Å². The fourth-order valence-corrected chi connectivity index (χ4v) is 1.05. The van der Waals surface area contributed by atoms with Gasteiger partial charge in [-0.15, -0.1) is 0 Å². The summed E-state index contributed by atoms with van der Waals surface area (Å²) in [5, 5.41) is 0. The van der Waals surface area contributed by atoms with E-state index in [1.165, 1.54) is 0 Å². The molecule has 1 radical (unpaired) electrons. The van der Waals surface area contributed by atoms with Gasteiger partial charge in [-0.2, -0.15) is 0 Å². The molecular weight excluding hydrogens is 192 g/mol. The van der Waals surface area contributed by atoms with Crippen molar-refractivity contribution in [2.75, 3.05) is 6.61 Å². The maximum Gasteiger partial charge on any atom is 0.120 e. The van der Waals surface area contributed by atoms with Gasteiger partial charge in [-0.1, -0.05) is 22.0 Å². The standard InChI is InChI=1S/C8H8BrO/c1-2-10-8-5-3-4-7(9)6-8/h3-6H,1-2H2. The lowest BCUT2D eigenvalue weighted by molar-refractivity contribution is 0.361. The van der Waals surface area contributed by atoms with Crippen LogP contribution in [-0.4, -0.2) is 6.61 Å². The van der Waals surface area contributed by atoms with E-state index in [0.717, 1.165) is 10.2 Å². The zero-order chi connectivity index (χ0) is 7.40. The second-order valence-corrected chi connectivity index (χ2v) is 2.72. The van der Waals surface area contributed by atoms with Crippen LogP contribution in [0.25, 0.3) is 0 Å². The lowest BCUT2D eigenvalue weighted by Crippen LogP contribution is -1.90. The topological polar surface area (TPSA) is 9.23 Å². The van der Waals surface area contributed by atoms with Gasteiger partial charge in [0.15, 0.2) is 0 Å². The van der Waals surface area contributed by atoms with Crippen molar-refractivity contribution in [2.45, 2.75) is 0 Å². The Morgan fingerprint density at radius 2 is 2.30 bits per heavy atom. The average molecular weight is 200 g/mol. The van der Waals surface area contributed by atoms with Crippen LogP contribution >= 0.6 is 15.9 Å². The van der Waals surface area contributed by atoms with Crippen molar-refractivity contribution in [3.63, 3.8) is 0 Å². The maximum atomic E-state index is 5.15. The SMILES string of the molecule is [CH2]COc1cccc(Br)c1. The molecule has 0 atom stereocenters. The van der Waals surface area contributed by atoms with E-state index in [-0.39, 0.29) is 0 Å². The minimum atomic E-state index is 0.469. The highest BCUT2D eigenvalue weighted by molar-refractivity contribution is 9.10. The van der Waals surface area contributed by atoms with Crippen LogP contribution in [-0.2, 0) is 0 Å². The minimum absolute atomic E-state index is 0.469. The molecule has 2 heteroatoms. The van der Waals surface area contributed by atoms with E-state index in [9.17, 15) is 0 Å². The highest BCUT2D eigenvalue weighted by atomic mass is 79.9. The van der Waals surface area contributed by atoms with Crippen molar-refractivity contribution in [3.05, 3.63) is 35.7 Å². The molecule has 0 aliphatic carbocycles. The van der Waals surface area contributed by atoms with Crippen molar-refractivity contribution >= 4 is 15.9 Å². The fourth-order valence-electron chi connectivity index (χ4n) is 0.675. The van der Waals surface area contributed by atoms with Gasteiger partial charge in [0.2, 0.25) is 0 Å². The maximum absolute atomic E-state index is 5.15. The summed E-state index contributed by atoms with van der Waals surface area (Å²) >= 11 is 3.33. The highest BCUT2D eigenvalue weighted by Crippen LogP contribution is 2.17. The summed E-state index contributed by atoms with van der Waals surface area (Å²) in [5.74, 6) is 0.851. The van der Waals surface area contributed by atoms with Crippen LogP contribution in [0.4, 0.5) is 0 Å². The summed E-state index contributed by atoms with van der Waals surface area (Å²) < 4.78 is 6.17. The van der Waals surface area contributed by atoms with Gasteiger partial charge in [-0.3, -0.25) is 0 Å². The largest absolute Gasteiger partial charge is 0.494 e. The molecule has 0 spiro atoms. The normalized spacial score (nSPS) is 9.40. The van der Waals surface area contributed by atoms with Crippen molar-refractivity contribution < 1.29 is 4.74 Å². The minimum Gasteiger partial charge on any atom is -0.494 e. The Balaban J connectivity index is 2.75. The quantitative estimate of drug-likeness (QED) is 0.712. The number of halogens is 1. The number of rotatable bonds is 2. The summed E-state index contributed by atoms with van der Waals surface area (Å²) in [7, 11) is 0. The Labute approximate surface area is 69.1 Å². The molecule has 0 saturated carbocycles. The molecule has 0 N–H and O–H groups in total. The van der Waals surface area contributed by atoms with E-state index in [0.29, 0.717) is 6.61 Å². The molecule has 0 aliphatic rings. The summed E-state index contributed by atoms with van der Waals surface area (Å²) in [6, 6.07) is 7.69. The smallest absolute Gasteiger partial charge is 0.120 e. The Kier molecular flexibility index (Phi) is 2.75. The van der Waals surface area contributed by atoms with E-state index in [1.54, 1.807) is 0 Å². The molecule has 0 unspecified atom stereocenters. The van der Waals surface area contributed by atoms with Gasteiger partial charge in [0.25, 0.3) is 0 Å². The van der Waals surface area contributed by atoms with Crippen molar-refractivity contribution in [1.82, 2.24) is 0 Å². The average Bonchev–Trinajstić information content (AvgIpc) is 1.88. The highest BCUT2D eigenvalue weighted by Gasteiger charge is 1.90. The molecule has 1 aromatic carbocycles. The first kappa shape index (κ1) is 7.61. The van der Waals surface area contributed by atoms with Gasteiger partial charge in [0.1, 0.15) is 5.75 Å². The van der Waals surface area contributed by atoms with Gasteiger partial charge in [0, 0.05) is 4.47 Å². The van der Waals surface area contributed by atoms with Crippen LogP contribution in [0.1, 0.15) is 0 Å². The van der Waals surface area contributed by atoms with E-state index < -0.39 is 0 Å². The molecule has 0 bridgehead atoms. The van der Waals surface area contributed by atoms with Gasteiger partial charge < -0.3 is 4.74 Å². The van der Waals surface area contributed by atoms with E-state index in [1.807, 2.05) is 24.3 Å². The van der Waals surface area contributed by atoms with E-state index in [2.05, 4.69) is 22.9 Å². The van der Waals surface area contributed by atoms with Crippen LogP contribution in [0, 0.1) is 6.92 Å². The number of hydrogen-bond donors (Lipinski definition) is 0. The van der Waals surface area contributed by atoms with Crippen LogP contribution in [0.2, 0.25) is 0 Å². The summed E-state index contributed by atoms with van der Waals surface area (Å²) in [6.07, 6.45) is 0. The molecule has 1 nitrogen and oxygen atoms in total. The Morgan fingerprint density at radius 1 is 1.50 bits per heavy atom. The number of hydrogen-bond acceptors (Lipinski definition) is 1. The fraction of sp³-hybridized carbons (Fsp3) is 0.125. The Morgan fingerprint density at radius 3 is 2.90 bits per heavy atom. The van der Waals surface area contributed by atoms with Gasteiger partial charge in [0.05, 0.1) is 6.61 Å². The molecule has 1 aromatic rings. The molecule has 0 heterocycles. The van der Waals surface area contributed by atoms with Crippen LogP contribution in [0.5, 0.6) is 5.75 Å². The van der Waals surface area contributed by atoms with Crippen molar-refractivity contribution in [2.24, 2.45) is 0 Å². The molecule has 0 saturated heterocycles. The van der Waals surface area contributed by atoms with Gasteiger partial charge in [-0.25, -0.2) is 0 Å². The summed E-state index contributed by atoms with van der Waals surface area (Å²) in [4.78, 5) is 0. The summed E-state index contributed by atoms with van der Waals surface area (Å²) in [6.45, 7) is 4.04. The zero-order valence-corrected chi connectivity index (χ0v) is 7.10. The van der Waals surface area contributed by atoms with Crippen LogP contribution in [0.15, 0.2) is 28.7 Å².